The monoisotopic (exact) mass is 364 g/mol. The molecule has 0 saturated heterocycles. The fraction of sp³-hybridized carbons (Fsp3) is 0.273. The molecule has 0 saturated carbocycles. The Balaban J connectivity index is 1.82. The summed E-state index contributed by atoms with van der Waals surface area (Å²) < 4.78 is 13.8. The Bertz CT molecular complexity index is 863. The fourth-order valence-electron chi connectivity index (χ4n) is 2.98. The zero-order chi connectivity index (χ0) is 19.1. The molecule has 0 bridgehead atoms. The van der Waals surface area contributed by atoms with E-state index in [0.29, 0.717) is 24.4 Å². The maximum absolute atomic E-state index is 13.8. The van der Waals surface area contributed by atoms with Crippen molar-refractivity contribution < 1.29 is 4.39 Å². The first-order chi connectivity index (χ1) is 13.2. The molecule has 2 aromatic carbocycles. The first-order valence-corrected chi connectivity index (χ1v) is 9.38. The highest BCUT2D eigenvalue weighted by Gasteiger charge is 2.11. The predicted octanol–water partition coefficient (Wildman–Crippen LogP) is 4.78. The van der Waals surface area contributed by atoms with Crippen molar-refractivity contribution >= 4 is 11.6 Å². The van der Waals surface area contributed by atoms with Crippen LogP contribution in [0.2, 0.25) is 0 Å². The number of anilines is 2. The molecule has 3 aromatic rings. The SMILES string of the molecule is CCN(CC)c1cc(NCCc2ccccc2F)nc(-c2ccccc2)n1. The Labute approximate surface area is 160 Å². The standard InChI is InChI=1S/C22H25FN4/c1-3-27(4-2)21-16-20(24-15-14-17-10-8-9-13-19(17)23)25-22(26-21)18-11-6-5-7-12-18/h5-13,16H,3-4,14-15H2,1-2H3,(H,24,25,26). The second-order valence-electron chi connectivity index (χ2n) is 6.24. The van der Waals surface area contributed by atoms with Gasteiger partial charge in [0.25, 0.3) is 0 Å². The quantitative estimate of drug-likeness (QED) is 0.624. The van der Waals surface area contributed by atoms with Gasteiger partial charge in [-0.3, -0.25) is 0 Å². The van der Waals surface area contributed by atoms with E-state index in [4.69, 9.17) is 4.98 Å². The van der Waals surface area contributed by atoms with Crippen molar-refractivity contribution in [2.75, 3.05) is 29.9 Å². The smallest absolute Gasteiger partial charge is 0.163 e. The van der Waals surface area contributed by atoms with Gasteiger partial charge >= 0.3 is 0 Å². The van der Waals surface area contributed by atoms with E-state index in [1.54, 1.807) is 6.07 Å². The van der Waals surface area contributed by atoms with Gasteiger partial charge in [0.05, 0.1) is 0 Å². The molecule has 3 rings (SSSR count). The van der Waals surface area contributed by atoms with Crippen LogP contribution < -0.4 is 10.2 Å². The van der Waals surface area contributed by atoms with Crippen LogP contribution in [0.25, 0.3) is 11.4 Å². The highest BCUT2D eigenvalue weighted by Crippen LogP contribution is 2.22. The lowest BCUT2D eigenvalue weighted by Crippen LogP contribution is -2.23. The fourth-order valence-corrected chi connectivity index (χ4v) is 2.98. The van der Waals surface area contributed by atoms with Crippen LogP contribution in [0.15, 0.2) is 60.7 Å². The Morgan fingerprint density at radius 3 is 2.33 bits per heavy atom. The zero-order valence-electron chi connectivity index (χ0n) is 15.8. The van der Waals surface area contributed by atoms with Gasteiger partial charge in [0.2, 0.25) is 0 Å². The van der Waals surface area contributed by atoms with E-state index in [1.807, 2.05) is 48.5 Å². The summed E-state index contributed by atoms with van der Waals surface area (Å²) >= 11 is 0. The van der Waals surface area contributed by atoms with E-state index in [-0.39, 0.29) is 5.82 Å². The van der Waals surface area contributed by atoms with Crippen molar-refractivity contribution in [3.8, 4) is 11.4 Å². The molecule has 0 amide bonds. The summed E-state index contributed by atoms with van der Waals surface area (Å²) in [5.41, 5.74) is 1.68. The van der Waals surface area contributed by atoms with Crippen LogP contribution >= 0.6 is 0 Å². The van der Waals surface area contributed by atoms with Crippen molar-refractivity contribution in [2.45, 2.75) is 20.3 Å². The van der Waals surface area contributed by atoms with E-state index in [9.17, 15) is 4.39 Å². The van der Waals surface area contributed by atoms with Gasteiger partial charge in [0, 0.05) is 31.3 Å². The molecule has 140 valence electrons. The lowest BCUT2D eigenvalue weighted by atomic mass is 10.1. The summed E-state index contributed by atoms with van der Waals surface area (Å²) in [4.78, 5) is 11.6. The summed E-state index contributed by atoms with van der Waals surface area (Å²) in [7, 11) is 0. The highest BCUT2D eigenvalue weighted by atomic mass is 19.1. The van der Waals surface area contributed by atoms with Crippen LogP contribution in [0, 0.1) is 5.82 Å². The third-order valence-corrected chi connectivity index (χ3v) is 4.49. The molecule has 1 heterocycles. The first kappa shape index (κ1) is 18.8. The Morgan fingerprint density at radius 2 is 1.63 bits per heavy atom. The zero-order valence-corrected chi connectivity index (χ0v) is 15.8. The molecular weight excluding hydrogens is 339 g/mol. The van der Waals surface area contributed by atoms with Crippen LogP contribution in [0.1, 0.15) is 19.4 Å². The normalized spacial score (nSPS) is 10.6. The van der Waals surface area contributed by atoms with Crippen LogP contribution in [0.4, 0.5) is 16.0 Å². The lowest BCUT2D eigenvalue weighted by molar-refractivity contribution is 0.610. The number of halogens is 1. The van der Waals surface area contributed by atoms with Crippen molar-refractivity contribution in [1.29, 1.82) is 0 Å². The first-order valence-electron chi connectivity index (χ1n) is 9.38. The molecule has 0 aliphatic carbocycles. The molecule has 27 heavy (non-hydrogen) atoms. The molecule has 0 aliphatic rings. The number of rotatable bonds is 8. The van der Waals surface area contributed by atoms with Gasteiger partial charge in [-0.05, 0) is 31.9 Å². The molecule has 0 radical (unpaired) electrons. The summed E-state index contributed by atoms with van der Waals surface area (Å²) in [5.74, 6) is 2.16. The summed E-state index contributed by atoms with van der Waals surface area (Å²) in [6, 6.07) is 18.8. The molecule has 1 aromatic heterocycles. The molecule has 1 N–H and O–H groups in total. The molecule has 0 unspecified atom stereocenters. The second kappa shape index (κ2) is 9.12. The van der Waals surface area contributed by atoms with Gasteiger partial charge in [0.15, 0.2) is 5.82 Å². The number of aromatic nitrogens is 2. The largest absolute Gasteiger partial charge is 0.370 e. The maximum atomic E-state index is 13.8. The molecule has 0 fully saturated rings. The molecular formula is C22H25FN4. The van der Waals surface area contributed by atoms with E-state index >= 15 is 0 Å². The van der Waals surface area contributed by atoms with Gasteiger partial charge in [-0.1, -0.05) is 48.5 Å². The van der Waals surface area contributed by atoms with Crippen molar-refractivity contribution in [2.24, 2.45) is 0 Å². The van der Waals surface area contributed by atoms with Crippen molar-refractivity contribution in [3.63, 3.8) is 0 Å². The topological polar surface area (TPSA) is 41.0 Å². The number of nitrogens with zero attached hydrogens (tertiary/aromatic N) is 3. The average molecular weight is 364 g/mol. The number of benzene rings is 2. The number of hydrogen-bond donors (Lipinski definition) is 1. The van der Waals surface area contributed by atoms with Crippen LogP contribution in [0.5, 0.6) is 0 Å². The van der Waals surface area contributed by atoms with Gasteiger partial charge in [-0.2, -0.15) is 0 Å². The van der Waals surface area contributed by atoms with Crippen molar-refractivity contribution in [1.82, 2.24) is 9.97 Å². The average Bonchev–Trinajstić information content (AvgIpc) is 2.71. The Kier molecular flexibility index (Phi) is 6.36. The second-order valence-corrected chi connectivity index (χ2v) is 6.24. The molecule has 0 aliphatic heterocycles. The lowest BCUT2D eigenvalue weighted by Gasteiger charge is -2.21. The van der Waals surface area contributed by atoms with Crippen molar-refractivity contribution in [3.05, 3.63) is 72.0 Å². The van der Waals surface area contributed by atoms with E-state index in [2.05, 4.69) is 29.0 Å². The molecule has 0 atom stereocenters. The maximum Gasteiger partial charge on any atom is 0.163 e. The minimum Gasteiger partial charge on any atom is -0.370 e. The Morgan fingerprint density at radius 1 is 0.926 bits per heavy atom. The van der Waals surface area contributed by atoms with Crippen LogP contribution in [-0.2, 0) is 6.42 Å². The van der Waals surface area contributed by atoms with Crippen LogP contribution in [-0.4, -0.2) is 29.6 Å². The van der Waals surface area contributed by atoms with Gasteiger partial charge in [-0.25, -0.2) is 14.4 Å². The van der Waals surface area contributed by atoms with Crippen LogP contribution in [0.3, 0.4) is 0 Å². The third kappa shape index (κ3) is 4.82. The van der Waals surface area contributed by atoms with Gasteiger partial charge in [0.1, 0.15) is 17.5 Å². The van der Waals surface area contributed by atoms with E-state index < -0.39 is 0 Å². The van der Waals surface area contributed by atoms with Gasteiger partial charge in [-0.15, -0.1) is 0 Å². The predicted molar refractivity (Wildman–Crippen MR) is 110 cm³/mol. The van der Waals surface area contributed by atoms with E-state index in [0.717, 1.165) is 30.3 Å². The minimum absolute atomic E-state index is 0.171. The summed E-state index contributed by atoms with van der Waals surface area (Å²) in [6.07, 6.45) is 0.595. The van der Waals surface area contributed by atoms with Gasteiger partial charge < -0.3 is 10.2 Å². The Hall–Kier alpha value is -2.95. The summed E-state index contributed by atoms with van der Waals surface area (Å²) in [6.45, 7) is 6.56. The number of nitrogens with one attached hydrogen (secondary N) is 1. The highest BCUT2D eigenvalue weighted by molar-refractivity contribution is 5.61. The molecule has 4 nitrogen and oxygen atoms in total. The third-order valence-electron chi connectivity index (χ3n) is 4.49. The molecule has 0 spiro atoms. The van der Waals surface area contributed by atoms with E-state index in [1.165, 1.54) is 6.07 Å². The molecule has 5 heteroatoms. The summed E-state index contributed by atoms with van der Waals surface area (Å²) in [5, 5.41) is 3.33. The number of hydrogen-bond acceptors (Lipinski definition) is 4. The minimum atomic E-state index is -0.171.